The zero-order valence-corrected chi connectivity index (χ0v) is 17.6. The average molecular weight is 393 g/mol. The van der Waals surface area contributed by atoms with Crippen LogP contribution in [0.4, 0.5) is 5.69 Å². The maximum absolute atomic E-state index is 11.2. The molecule has 0 radical (unpaired) electrons. The van der Waals surface area contributed by atoms with Crippen molar-refractivity contribution in [2.45, 2.75) is 64.0 Å². The molecule has 154 valence electrons. The monoisotopic (exact) mass is 392 g/mol. The van der Waals surface area contributed by atoms with E-state index in [1.807, 2.05) is 6.92 Å². The molecule has 2 fully saturated rings. The van der Waals surface area contributed by atoms with E-state index in [9.17, 15) is 4.79 Å². The van der Waals surface area contributed by atoms with E-state index >= 15 is 0 Å². The molecule has 1 N–H and O–H groups in total. The fraction of sp³-hybridized carbons (Fsp3) is 0.480. The Labute approximate surface area is 174 Å². The maximum Gasteiger partial charge on any atom is 0.217 e. The topological polar surface area (TPSA) is 41.6 Å². The molecule has 1 heterocycles. The van der Waals surface area contributed by atoms with Crippen molar-refractivity contribution in [1.29, 1.82) is 0 Å². The van der Waals surface area contributed by atoms with E-state index in [-0.39, 0.29) is 11.9 Å². The van der Waals surface area contributed by atoms with Crippen molar-refractivity contribution in [2.75, 3.05) is 18.0 Å². The van der Waals surface area contributed by atoms with Crippen LogP contribution < -0.4 is 15.0 Å². The standard InChI is InChI=1S/C25H32N2O2/c1-18(26-19(2)28)20-6-10-23(11-7-20)27-16-14-22(15-17-27)21-8-12-25(13-9-21)29-24-4-3-5-24/h6-13,18,22,24H,3-5,14-17H2,1-2H3,(H,26,28)/t18-/m0/s1. The number of hydrogen-bond donors (Lipinski definition) is 1. The highest BCUT2D eigenvalue weighted by Gasteiger charge is 2.22. The van der Waals surface area contributed by atoms with Gasteiger partial charge in [-0.1, -0.05) is 24.3 Å². The molecule has 4 heteroatoms. The lowest BCUT2D eigenvalue weighted by Gasteiger charge is -2.34. The van der Waals surface area contributed by atoms with Crippen LogP contribution in [-0.2, 0) is 4.79 Å². The summed E-state index contributed by atoms with van der Waals surface area (Å²) in [5, 5.41) is 2.94. The van der Waals surface area contributed by atoms with E-state index in [0.29, 0.717) is 12.0 Å². The molecule has 0 bridgehead atoms. The molecule has 1 atom stereocenters. The van der Waals surface area contributed by atoms with Crippen molar-refractivity contribution < 1.29 is 9.53 Å². The van der Waals surface area contributed by atoms with Crippen molar-refractivity contribution in [1.82, 2.24) is 5.32 Å². The minimum Gasteiger partial charge on any atom is -0.490 e. The van der Waals surface area contributed by atoms with Crippen molar-refractivity contribution in [2.24, 2.45) is 0 Å². The summed E-state index contributed by atoms with van der Waals surface area (Å²) in [6, 6.07) is 17.5. The Morgan fingerprint density at radius 2 is 1.66 bits per heavy atom. The molecular weight excluding hydrogens is 360 g/mol. The van der Waals surface area contributed by atoms with Gasteiger partial charge in [0.2, 0.25) is 5.91 Å². The largest absolute Gasteiger partial charge is 0.490 e. The SMILES string of the molecule is CC(=O)N[C@@H](C)c1ccc(N2CCC(c3ccc(OC4CCC4)cc3)CC2)cc1. The second-order valence-corrected chi connectivity index (χ2v) is 8.51. The summed E-state index contributed by atoms with van der Waals surface area (Å²) in [5.74, 6) is 1.65. The molecule has 1 saturated heterocycles. The highest BCUT2D eigenvalue weighted by Crippen LogP contribution is 2.32. The number of nitrogens with one attached hydrogen (secondary N) is 1. The molecule has 1 aliphatic carbocycles. The molecule has 2 aromatic rings. The van der Waals surface area contributed by atoms with Crippen LogP contribution in [0.5, 0.6) is 5.75 Å². The van der Waals surface area contributed by atoms with E-state index in [2.05, 4.69) is 58.7 Å². The first-order valence-corrected chi connectivity index (χ1v) is 11.0. The second-order valence-electron chi connectivity index (χ2n) is 8.51. The lowest BCUT2D eigenvalue weighted by atomic mass is 9.89. The fourth-order valence-corrected chi connectivity index (χ4v) is 4.33. The predicted molar refractivity (Wildman–Crippen MR) is 118 cm³/mol. The normalized spacial score (nSPS) is 18.8. The summed E-state index contributed by atoms with van der Waals surface area (Å²) in [6.07, 6.45) is 6.50. The molecule has 2 aromatic carbocycles. The van der Waals surface area contributed by atoms with E-state index in [1.165, 1.54) is 43.4 Å². The molecule has 0 aromatic heterocycles. The van der Waals surface area contributed by atoms with Gasteiger partial charge in [-0.3, -0.25) is 4.79 Å². The number of amides is 1. The quantitative estimate of drug-likeness (QED) is 0.735. The average Bonchev–Trinajstić information content (AvgIpc) is 2.71. The second kappa shape index (κ2) is 8.89. The van der Waals surface area contributed by atoms with Gasteiger partial charge in [0.25, 0.3) is 0 Å². The lowest BCUT2D eigenvalue weighted by Crippen LogP contribution is -2.32. The molecule has 0 unspecified atom stereocenters. The summed E-state index contributed by atoms with van der Waals surface area (Å²) >= 11 is 0. The Balaban J connectivity index is 1.30. The van der Waals surface area contributed by atoms with Gasteiger partial charge in [-0.2, -0.15) is 0 Å². The van der Waals surface area contributed by atoms with E-state index in [1.54, 1.807) is 6.92 Å². The Kier molecular flexibility index (Phi) is 6.08. The summed E-state index contributed by atoms with van der Waals surface area (Å²) in [6.45, 7) is 5.73. The first-order chi connectivity index (χ1) is 14.1. The van der Waals surface area contributed by atoms with Crippen molar-refractivity contribution in [3.8, 4) is 5.75 Å². The van der Waals surface area contributed by atoms with Crippen LogP contribution in [0, 0.1) is 0 Å². The van der Waals surface area contributed by atoms with Gasteiger partial charge < -0.3 is 15.0 Å². The number of hydrogen-bond acceptors (Lipinski definition) is 3. The third-order valence-electron chi connectivity index (χ3n) is 6.38. The van der Waals surface area contributed by atoms with Crippen LogP contribution in [0.1, 0.15) is 69.0 Å². The zero-order chi connectivity index (χ0) is 20.2. The van der Waals surface area contributed by atoms with Gasteiger partial charge in [-0.15, -0.1) is 0 Å². The van der Waals surface area contributed by atoms with Crippen molar-refractivity contribution in [3.05, 3.63) is 59.7 Å². The van der Waals surface area contributed by atoms with Gasteiger partial charge in [0.15, 0.2) is 0 Å². The number of benzene rings is 2. The first-order valence-electron chi connectivity index (χ1n) is 11.0. The Morgan fingerprint density at radius 1 is 1.00 bits per heavy atom. The smallest absolute Gasteiger partial charge is 0.217 e. The third-order valence-corrected chi connectivity index (χ3v) is 6.38. The highest BCUT2D eigenvalue weighted by molar-refractivity contribution is 5.73. The fourth-order valence-electron chi connectivity index (χ4n) is 4.33. The van der Waals surface area contributed by atoms with Crippen LogP contribution in [0.3, 0.4) is 0 Å². The molecule has 2 aliphatic rings. The number of piperidine rings is 1. The third kappa shape index (κ3) is 4.92. The van der Waals surface area contributed by atoms with Crippen LogP contribution in [0.15, 0.2) is 48.5 Å². The maximum atomic E-state index is 11.2. The van der Waals surface area contributed by atoms with Crippen LogP contribution in [0.2, 0.25) is 0 Å². The molecular formula is C25H32N2O2. The molecule has 29 heavy (non-hydrogen) atoms. The Bertz CT molecular complexity index is 804. The van der Waals surface area contributed by atoms with Gasteiger partial charge in [0, 0.05) is 25.7 Å². The minimum atomic E-state index is 0.00582. The Hall–Kier alpha value is -2.49. The van der Waals surface area contributed by atoms with Gasteiger partial charge in [-0.25, -0.2) is 0 Å². The number of ether oxygens (including phenoxy) is 1. The predicted octanol–water partition coefficient (Wildman–Crippen LogP) is 5.20. The number of carbonyl (C=O) groups is 1. The summed E-state index contributed by atoms with van der Waals surface area (Å²) in [4.78, 5) is 13.7. The van der Waals surface area contributed by atoms with Crippen molar-refractivity contribution >= 4 is 11.6 Å². The zero-order valence-electron chi connectivity index (χ0n) is 17.6. The van der Waals surface area contributed by atoms with E-state index in [0.717, 1.165) is 24.4 Å². The summed E-state index contributed by atoms with van der Waals surface area (Å²) < 4.78 is 5.98. The highest BCUT2D eigenvalue weighted by atomic mass is 16.5. The van der Waals surface area contributed by atoms with Gasteiger partial charge in [-0.05, 0) is 80.3 Å². The molecule has 4 nitrogen and oxygen atoms in total. The van der Waals surface area contributed by atoms with E-state index in [4.69, 9.17) is 4.74 Å². The first kappa shape index (κ1) is 19.8. The summed E-state index contributed by atoms with van der Waals surface area (Å²) in [7, 11) is 0. The number of anilines is 1. The number of carbonyl (C=O) groups excluding carboxylic acids is 1. The van der Waals surface area contributed by atoms with Crippen LogP contribution in [-0.4, -0.2) is 25.1 Å². The molecule has 4 rings (SSSR count). The number of rotatable bonds is 6. The van der Waals surface area contributed by atoms with Crippen LogP contribution >= 0.6 is 0 Å². The van der Waals surface area contributed by atoms with Gasteiger partial charge >= 0.3 is 0 Å². The lowest BCUT2D eigenvalue weighted by molar-refractivity contribution is -0.119. The van der Waals surface area contributed by atoms with Crippen molar-refractivity contribution in [3.63, 3.8) is 0 Å². The van der Waals surface area contributed by atoms with Gasteiger partial charge in [0.05, 0.1) is 12.1 Å². The Morgan fingerprint density at radius 3 is 2.21 bits per heavy atom. The van der Waals surface area contributed by atoms with Gasteiger partial charge in [0.1, 0.15) is 5.75 Å². The van der Waals surface area contributed by atoms with E-state index < -0.39 is 0 Å². The molecule has 0 spiro atoms. The molecule has 1 amide bonds. The molecule has 1 saturated carbocycles. The minimum absolute atomic E-state index is 0.00582. The van der Waals surface area contributed by atoms with Crippen LogP contribution in [0.25, 0.3) is 0 Å². The summed E-state index contributed by atoms with van der Waals surface area (Å²) in [5.41, 5.74) is 3.85. The molecule has 1 aliphatic heterocycles. The number of nitrogens with zero attached hydrogens (tertiary/aromatic N) is 1.